The Hall–Kier alpha value is -2.22. The van der Waals surface area contributed by atoms with Crippen LogP contribution in [0, 0.1) is 11.3 Å². The van der Waals surface area contributed by atoms with Crippen LogP contribution in [0.1, 0.15) is 17.5 Å². The second-order valence-corrected chi connectivity index (χ2v) is 4.69. The van der Waals surface area contributed by atoms with Crippen molar-refractivity contribution < 1.29 is 14.3 Å². The first-order valence-corrected chi connectivity index (χ1v) is 6.58. The summed E-state index contributed by atoms with van der Waals surface area (Å²) < 4.78 is 10.6. The zero-order valence-electron chi connectivity index (χ0n) is 11.8. The van der Waals surface area contributed by atoms with Crippen molar-refractivity contribution in [3.8, 4) is 17.6 Å². The quantitative estimate of drug-likeness (QED) is 0.835. The minimum absolute atomic E-state index is 0.0613. The van der Waals surface area contributed by atoms with Gasteiger partial charge in [0, 0.05) is 13.1 Å². The Morgan fingerprint density at radius 2 is 1.90 bits per heavy atom. The highest BCUT2D eigenvalue weighted by atomic mass is 16.5. The third-order valence-electron chi connectivity index (χ3n) is 3.54. The highest BCUT2D eigenvalue weighted by Gasteiger charge is 2.22. The number of ether oxygens (including phenoxy) is 2. The van der Waals surface area contributed by atoms with Crippen LogP contribution >= 0.6 is 0 Å². The van der Waals surface area contributed by atoms with E-state index in [0.29, 0.717) is 37.4 Å². The maximum absolute atomic E-state index is 12.2. The van der Waals surface area contributed by atoms with Crippen LogP contribution in [-0.4, -0.2) is 38.1 Å². The van der Waals surface area contributed by atoms with E-state index in [-0.39, 0.29) is 5.91 Å². The molecule has 1 aliphatic rings. The molecule has 0 radical (unpaired) electrons. The molecule has 0 aliphatic carbocycles. The van der Waals surface area contributed by atoms with Gasteiger partial charge in [0.2, 0.25) is 5.91 Å². The van der Waals surface area contributed by atoms with Crippen molar-refractivity contribution in [2.24, 2.45) is 0 Å². The van der Waals surface area contributed by atoms with E-state index in [2.05, 4.69) is 6.07 Å². The van der Waals surface area contributed by atoms with Crippen LogP contribution in [0.5, 0.6) is 11.5 Å². The van der Waals surface area contributed by atoms with Gasteiger partial charge in [-0.1, -0.05) is 0 Å². The standard InChI is InChI=1S/C15H18N2O3/c1-19-13-8-11-4-7-17(6-3-5-16)15(18)10-12(11)9-14(13)20-2/h8-9H,3-4,6-7,10H2,1-2H3. The molecule has 2 rings (SSSR count). The number of carbonyl (C=O) groups is 1. The summed E-state index contributed by atoms with van der Waals surface area (Å²) in [5.74, 6) is 1.39. The summed E-state index contributed by atoms with van der Waals surface area (Å²) in [7, 11) is 3.19. The molecule has 0 aromatic heterocycles. The van der Waals surface area contributed by atoms with Gasteiger partial charge in [0.15, 0.2) is 11.5 Å². The molecule has 5 heteroatoms. The summed E-state index contributed by atoms with van der Waals surface area (Å²) >= 11 is 0. The molecule has 0 fully saturated rings. The molecule has 0 saturated heterocycles. The lowest BCUT2D eigenvalue weighted by atomic mass is 10.0. The topological polar surface area (TPSA) is 62.6 Å². The summed E-state index contributed by atoms with van der Waals surface area (Å²) in [5.41, 5.74) is 2.09. The van der Waals surface area contributed by atoms with E-state index < -0.39 is 0 Å². The summed E-state index contributed by atoms with van der Waals surface area (Å²) in [6.07, 6.45) is 1.49. The fourth-order valence-electron chi connectivity index (χ4n) is 2.44. The summed E-state index contributed by atoms with van der Waals surface area (Å²) in [5, 5.41) is 8.64. The van der Waals surface area contributed by atoms with Gasteiger partial charge in [0.05, 0.1) is 33.1 Å². The first-order chi connectivity index (χ1) is 9.69. The Morgan fingerprint density at radius 3 is 2.50 bits per heavy atom. The third kappa shape index (κ3) is 2.85. The van der Waals surface area contributed by atoms with Crippen LogP contribution in [0.15, 0.2) is 12.1 Å². The Labute approximate surface area is 118 Å². The molecule has 1 aromatic carbocycles. The minimum atomic E-state index is 0.0613. The molecule has 0 unspecified atom stereocenters. The number of hydrogen-bond donors (Lipinski definition) is 0. The zero-order valence-corrected chi connectivity index (χ0v) is 11.8. The Morgan fingerprint density at radius 1 is 1.25 bits per heavy atom. The van der Waals surface area contributed by atoms with Crippen LogP contribution < -0.4 is 9.47 Å². The fourth-order valence-corrected chi connectivity index (χ4v) is 2.44. The maximum atomic E-state index is 12.2. The first-order valence-electron chi connectivity index (χ1n) is 6.58. The first kappa shape index (κ1) is 14.2. The second kappa shape index (κ2) is 6.29. The van der Waals surface area contributed by atoms with Gasteiger partial charge >= 0.3 is 0 Å². The molecule has 106 valence electrons. The van der Waals surface area contributed by atoms with Crippen molar-refractivity contribution in [1.82, 2.24) is 4.90 Å². The van der Waals surface area contributed by atoms with Crippen molar-refractivity contribution in [2.75, 3.05) is 27.3 Å². The molecule has 0 saturated carbocycles. The maximum Gasteiger partial charge on any atom is 0.227 e. The van der Waals surface area contributed by atoms with E-state index in [1.165, 1.54) is 0 Å². The number of hydrogen-bond acceptors (Lipinski definition) is 4. The molecule has 20 heavy (non-hydrogen) atoms. The molecule has 1 aliphatic heterocycles. The van der Waals surface area contributed by atoms with Gasteiger partial charge in [0.1, 0.15) is 0 Å². The highest BCUT2D eigenvalue weighted by molar-refractivity contribution is 5.80. The number of nitrogens with zero attached hydrogens (tertiary/aromatic N) is 2. The van der Waals surface area contributed by atoms with Crippen LogP contribution in [0.2, 0.25) is 0 Å². The Balaban J connectivity index is 2.26. The number of amides is 1. The monoisotopic (exact) mass is 274 g/mol. The Bertz CT molecular complexity index is 549. The molecule has 0 spiro atoms. The van der Waals surface area contributed by atoms with E-state index in [4.69, 9.17) is 14.7 Å². The Kier molecular flexibility index (Phi) is 4.46. The minimum Gasteiger partial charge on any atom is -0.493 e. The molecule has 1 aromatic rings. The normalized spacial score (nSPS) is 14.2. The molecule has 5 nitrogen and oxygen atoms in total. The molecule has 1 heterocycles. The number of carbonyl (C=O) groups excluding carboxylic acids is 1. The van der Waals surface area contributed by atoms with Crippen molar-refractivity contribution in [1.29, 1.82) is 5.26 Å². The highest BCUT2D eigenvalue weighted by Crippen LogP contribution is 2.32. The van der Waals surface area contributed by atoms with E-state index >= 15 is 0 Å². The number of benzene rings is 1. The number of nitriles is 1. The van der Waals surface area contributed by atoms with E-state index in [1.54, 1.807) is 19.1 Å². The predicted octanol–water partition coefficient (Wildman–Crippen LogP) is 1.54. The molecule has 0 N–H and O–H groups in total. The number of fused-ring (bicyclic) bond motifs is 1. The van der Waals surface area contributed by atoms with E-state index in [9.17, 15) is 4.79 Å². The lowest BCUT2D eigenvalue weighted by molar-refractivity contribution is -0.130. The largest absolute Gasteiger partial charge is 0.493 e. The van der Waals surface area contributed by atoms with Crippen molar-refractivity contribution in [3.05, 3.63) is 23.3 Å². The average molecular weight is 274 g/mol. The van der Waals surface area contributed by atoms with Crippen LogP contribution in [-0.2, 0) is 17.6 Å². The lowest BCUT2D eigenvalue weighted by Gasteiger charge is -2.18. The lowest BCUT2D eigenvalue weighted by Crippen LogP contribution is -2.32. The molecule has 0 atom stereocenters. The van der Waals surface area contributed by atoms with Crippen LogP contribution in [0.25, 0.3) is 0 Å². The second-order valence-electron chi connectivity index (χ2n) is 4.69. The zero-order chi connectivity index (χ0) is 14.5. The summed E-state index contributed by atoms with van der Waals surface area (Å²) in [6.45, 7) is 1.14. The van der Waals surface area contributed by atoms with Crippen molar-refractivity contribution >= 4 is 5.91 Å². The summed E-state index contributed by atoms with van der Waals surface area (Å²) in [6, 6.07) is 5.89. The predicted molar refractivity (Wildman–Crippen MR) is 73.8 cm³/mol. The number of rotatable bonds is 4. The van der Waals surface area contributed by atoms with Gasteiger partial charge in [-0.2, -0.15) is 5.26 Å². The van der Waals surface area contributed by atoms with E-state index in [1.807, 2.05) is 12.1 Å². The van der Waals surface area contributed by atoms with Crippen molar-refractivity contribution in [2.45, 2.75) is 19.3 Å². The van der Waals surface area contributed by atoms with Gasteiger partial charge in [0.25, 0.3) is 0 Å². The van der Waals surface area contributed by atoms with Gasteiger partial charge in [-0.3, -0.25) is 4.79 Å². The third-order valence-corrected chi connectivity index (χ3v) is 3.54. The van der Waals surface area contributed by atoms with Crippen LogP contribution in [0.3, 0.4) is 0 Å². The van der Waals surface area contributed by atoms with Gasteiger partial charge < -0.3 is 14.4 Å². The van der Waals surface area contributed by atoms with Gasteiger partial charge in [-0.05, 0) is 29.7 Å². The molecular weight excluding hydrogens is 256 g/mol. The molecule has 1 amide bonds. The van der Waals surface area contributed by atoms with Crippen LogP contribution in [0.4, 0.5) is 0 Å². The van der Waals surface area contributed by atoms with Crippen molar-refractivity contribution in [3.63, 3.8) is 0 Å². The fraction of sp³-hybridized carbons (Fsp3) is 0.467. The smallest absolute Gasteiger partial charge is 0.227 e. The SMILES string of the molecule is COc1cc2c(cc1OC)CC(=O)N(CCC#N)CC2. The number of methoxy groups -OCH3 is 2. The molecule has 0 bridgehead atoms. The molecular formula is C15H18N2O3. The van der Waals surface area contributed by atoms with Gasteiger partial charge in [-0.25, -0.2) is 0 Å². The average Bonchev–Trinajstić information content (AvgIpc) is 2.61. The summed E-state index contributed by atoms with van der Waals surface area (Å²) in [4.78, 5) is 13.9. The van der Waals surface area contributed by atoms with E-state index in [0.717, 1.165) is 17.5 Å². The van der Waals surface area contributed by atoms with Gasteiger partial charge in [-0.15, -0.1) is 0 Å².